The van der Waals surface area contributed by atoms with Gasteiger partial charge in [0.1, 0.15) is 6.61 Å². The first kappa shape index (κ1) is 25.4. The highest BCUT2D eigenvalue weighted by Crippen LogP contribution is 2.36. The molecule has 0 aromatic heterocycles. The van der Waals surface area contributed by atoms with Crippen LogP contribution in [0.1, 0.15) is 46.6 Å². The summed E-state index contributed by atoms with van der Waals surface area (Å²) in [5, 5.41) is 13.7. The van der Waals surface area contributed by atoms with Crippen LogP contribution in [-0.2, 0) is 15.8 Å². The Morgan fingerprint density at radius 1 is 1.21 bits per heavy atom. The Bertz CT molecular complexity index is 653. The molecule has 0 saturated heterocycles. The van der Waals surface area contributed by atoms with Crippen LogP contribution in [0.25, 0.3) is 0 Å². The summed E-state index contributed by atoms with van der Waals surface area (Å²) in [6.07, 6.45) is -0.830. The number of rotatable bonds is 10. The minimum atomic E-state index is -1.95. The van der Waals surface area contributed by atoms with Crippen molar-refractivity contribution < 1.29 is 19.1 Å². The highest BCUT2D eigenvalue weighted by molar-refractivity contribution is 6.74. The van der Waals surface area contributed by atoms with E-state index in [1.165, 1.54) is 0 Å². The predicted octanol–water partition coefficient (Wildman–Crippen LogP) is 5.27. The van der Waals surface area contributed by atoms with Crippen LogP contribution in [0, 0.1) is 5.92 Å². The van der Waals surface area contributed by atoms with Gasteiger partial charge in [0.15, 0.2) is 8.32 Å². The zero-order valence-electron chi connectivity index (χ0n) is 19.1. The SMILES string of the molecule is C=C(CO[Si](C)(C)C(C)(C)C)[C@@H](O)C(CC(C)C)NC(=O)OCc1ccccc1. The number of amides is 1. The Morgan fingerprint density at radius 3 is 2.31 bits per heavy atom. The first-order valence-corrected chi connectivity index (χ1v) is 13.2. The van der Waals surface area contributed by atoms with Gasteiger partial charge >= 0.3 is 6.09 Å². The first-order chi connectivity index (χ1) is 13.3. The van der Waals surface area contributed by atoms with E-state index in [2.05, 4.69) is 45.8 Å². The molecule has 1 aromatic carbocycles. The van der Waals surface area contributed by atoms with Crippen molar-refractivity contribution in [1.82, 2.24) is 5.32 Å². The molecular weight excluding hydrogens is 382 g/mol. The molecule has 0 spiro atoms. The van der Waals surface area contributed by atoms with Crippen LogP contribution < -0.4 is 5.32 Å². The van der Waals surface area contributed by atoms with Crippen LogP contribution in [0.3, 0.4) is 0 Å². The second-order valence-electron chi connectivity index (χ2n) is 9.59. The number of aliphatic hydroxyl groups is 1. The second kappa shape index (κ2) is 10.9. The first-order valence-electron chi connectivity index (χ1n) is 10.3. The molecule has 0 aliphatic carbocycles. The molecule has 0 aliphatic heterocycles. The van der Waals surface area contributed by atoms with Gasteiger partial charge in [-0.05, 0) is 41.6 Å². The van der Waals surface area contributed by atoms with E-state index in [1.807, 2.05) is 44.2 Å². The zero-order valence-corrected chi connectivity index (χ0v) is 20.1. The number of nitrogens with one attached hydrogen (secondary N) is 1. The molecule has 1 amide bonds. The molecule has 5 nitrogen and oxygen atoms in total. The molecule has 2 atom stereocenters. The Kier molecular flexibility index (Phi) is 9.59. The minimum Gasteiger partial charge on any atom is -0.445 e. The summed E-state index contributed by atoms with van der Waals surface area (Å²) in [6.45, 7) is 19.4. The Morgan fingerprint density at radius 2 is 1.79 bits per heavy atom. The highest BCUT2D eigenvalue weighted by Gasteiger charge is 2.37. The van der Waals surface area contributed by atoms with Crippen molar-refractivity contribution in [3.8, 4) is 0 Å². The number of hydrogen-bond donors (Lipinski definition) is 2. The summed E-state index contributed by atoms with van der Waals surface area (Å²) in [6, 6.07) is 9.02. The van der Waals surface area contributed by atoms with E-state index in [4.69, 9.17) is 9.16 Å². The lowest BCUT2D eigenvalue weighted by Gasteiger charge is -2.37. The number of carbonyl (C=O) groups is 1. The van der Waals surface area contributed by atoms with Crippen LogP contribution in [0.2, 0.25) is 18.1 Å². The number of aliphatic hydroxyl groups excluding tert-OH is 1. The van der Waals surface area contributed by atoms with Crippen molar-refractivity contribution in [3.63, 3.8) is 0 Å². The number of carbonyl (C=O) groups excluding carboxylic acids is 1. The number of hydrogen-bond acceptors (Lipinski definition) is 4. The van der Waals surface area contributed by atoms with E-state index >= 15 is 0 Å². The van der Waals surface area contributed by atoms with Crippen molar-refractivity contribution in [2.45, 2.75) is 77.9 Å². The fourth-order valence-corrected chi connectivity index (χ4v) is 3.53. The van der Waals surface area contributed by atoms with E-state index < -0.39 is 26.6 Å². The van der Waals surface area contributed by atoms with Gasteiger partial charge in [0, 0.05) is 0 Å². The maximum Gasteiger partial charge on any atom is 0.407 e. The Labute approximate surface area is 177 Å². The largest absolute Gasteiger partial charge is 0.445 e. The molecule has 0 fully saturated rings. The van der Waals surface area contributed by atoms with Gasteiger partial charge in [-0.3, -0.25) is 0 Å². The third kappa shape index (κ3) is 8.72. The smallest absolute Gasteiger partial charge is 0.407 e. The molecule has 0 bridgehead atoms. The van der Waals surface area contributed by atoms with Gasteiger partial charge in [-0.2, -0.15) is 0 Å². The number of benzene rings is 1. The molecule has 0 saturated carbocycles. The fraction of sp³-hybridized carbons (Fsp3) is 0.609. The summed E-state index contributed by atoms with van der Waals surface area (Å²) in [5.41, 5.74) is 1.49. The lowest BCUT2D eigenvalue weighted by molar-refractivity contribution is 0.105. The third-order valence-electron chi connectivity index (χ3n) is 5.47. The molecule has 1 aromatic rings. The highest BCUT2D eigenvalue weighted by atomic mass is 28.4. The summed E-state index contributed by atoms with van der Waals surface area (Å²) in [7, 11) is -1.95. The summed E-state index contributed by atoms with van der Waals surface area (Å²) < 4.78 is 11.5. The lowest BCUT2D eigenvalue weighted by Crippen LogP contribution is -2.47. The van der Waals surface area contributed by atoms with Crippen LogP contribution in [0.4, 0.5) is 4.79 Å². The average Bonchev–Trinajstić information content (AvgIpc) is 2.63. The molecule has 1 rings (SSSR count). The van der Waals surface area contributed by atoms with Crippen LogP contribution >= 0.6 is 0 Å². The maximum absolute atomic E-state index is 12.3. The van der Waals surface area contributed by atoms with E-state index in [9.17, 15) is 9.90 Å². The van der Waals surface area contributed by atoms with Crippen LogP contribution in [-0.4, -0.2) is 38.3 Å². The lowest BCUT2D eigenvalue weighted by atomic mass is 9.95. The van der Waals surface area contributed by atoms with Crippen molar-refractivity contribution in [3.05, 3.63) is 48.0 Å². The molecule has 0 radical (unpaired) electrons. The number of ether oxygens (including phenoxy) is 1. The van der Waals surface area contributed by atoms with Gasteiger partial charge in [-0.1, -0.05) is 71.5 Å². The molecule has 6 heteroatoms. The summed E-state index contributed by atoms with van der Waals surface area (Å²) in [4.78, 5) is 12.3. The van der Waals surface area contributed by atoms with Crippen LogP contribution in [0.15, 0.2) is 42.5 Å². The monoisotopic (exact) mass is 421 g/mol. The predicted molar refractivity (Wildman–Crippen MR) is 121 cm³/mol. The summed E-state index contributed by atoms with van der Waals surface area (Å²) in [5.74, 6) is 0.290. The maximum atomic E-state index is 12.3. The van der Waals surface area contributed by atoms with Gasteiger partial charge in [0.2, 0.25) is 0 Å². The quantitative estimate of drug-likeness (QED) is 0.399. The minimum absolute atomic E-state index is 0.0784. The van der Waals surface area contributed by atoms with Crippen molar-refractivity contribution in [2.24, 2.45) is 5.92 Å². The fourth-order valence-electron chi connectivity index (χ4n) is 2.55. The Balaban J connectivity index is 2.67. The molecular formula is C23H39NO4Si. The van der Waals surface area contributed by atoms with Gasteiger partial charge < -0.3 is 19.6 Å². The van der Waals surface area contributed by atoms with Crippen molar-refractivity contribution in [2.75, 3.05) is 6.61 Å². The van der Waals surface area contributed by atoms with Gasteiger partial charge in [0.05, 0.1) is 18.8 Å². The van der Waals surface area contributed by atoms with Gasteiger partial charge in [0.25, 0.3) is 0 Å². The standard InChI is InChI=1S/C23H39NO4Si/c1-17(2)14-20(24-22(26)27-16-19-12-10-9-11-13-19)21(25)18(3)15-28-29(7,8)23(4,5)6/h9-13,17,20-21,25H,3,14-16H2,1-2,4-8H3,(H,24,26)/t20?,21-/m1/s1. The summed E-state index contributed by atoms with van der Waals surface area (Å²) >= 11 is 0. The zero-order chi connectivity index (χ0) is 22.2. The molecule has 1 unspecified atom stereocenters. The van der Waals surface area contributed by atoms with E-state index in [-0.39, 0.29) is 24.2 Å². The van der Waals surface area contributed by atoms with Crippen molar-refractivity contribution in [1.29, 1.82) is 0 Å². The normalized spacial score (nSPS) is 14.4. The topological polar surface area (TPSA) is 67.8 Å². The van der Waals surface area contributed by atoms with Crippen molar-refractivity contribution >= 4 is 14.4 Å². The van der Waals surface area contributed by atoms with E-state index in [0.29, 0.717) is 12.0 Å². The third-order valence-corrected chi connectivity index (χ3v) is 9.94. The van der Waals surface area contributed by atoms with E-state index in [0.717, 1.165) is 5.56 Å². The second-order valence-corrected chi connectivity index (χ2v) is 14.4. The Hall–Kier alpha value is -1.63. The van der Waals surface area contributed by atoms with Gasteiger partial charge in [-0.15, -0.1) is 0 Å². The molecule has 2 N–H and O–H groups in total. The van der Waals surface area contributed by atoms with Gasteiger partial charge in [-0.25, -0.2) is 4.79 Å². The number of alkyl carbamates (subject to hydrolysis) is 1. The van der Waals surface area contributed by atoms with Crippen LogP contribution in [0.5, 0.6) is 0 Å². The molecule has 164 valence electrons. The molecule has 0 aliphatic rings. The average molecular weight is 422 g/mol. The van der Waals surface area contributed by atoms with E-state index in [1.54, 1.807) is 0 Å². The molecule has 0 heterocycles. The molecule has 29 heavy (non-hydrogen) atoms.